The number of carbonyl (C=O) groups is 2. The SMILES string of the molecule is CCNC(=O)CNC(=O)c1ccccc1CCN. The van der Waals surface area contributed by atoms with Crippen molar-refractivity contribution in [2.75, 3.05) is 19.6 Å². The van der Waals surface area contributed by atoms with Gasteiger partial charge in [-0.3, -0.25) is 9.59 Å². The van der Waals surface area contributed by atoms with Crippen LogP contribution in [0.1, 0.15) is 22.8 Å². The van der Waals surface area contributed by atoms with Gasteiger partial charge in [0.25, 0.3) is 5.91 Å². The average molecular weight is 249 g/mol. The Morgan fingerprint density at radius 1 is 1.22 bits per heavy atom. The molecule has 18 heavy (non-hydrogen) atoms. The second-order valence-electron chi connectivity index (χ2n) is 3.83. The van der Waals surface area contributed by atoms with Crippen LogP contribution in [-0.2, 0) is 11.2 Å². The summed E-state index contributed by atoms with van der Waals surface area (Å²) in [6.45, 7) is 2.86. The quantitative estimate of drug-likeness (QED) is 0.666. The van der Waals surface area contributed by atoms with Gasteiger partial charge in [-0.2, -0.15) is 0 Å². The number of likely N-dealkylation sites (N-methyl/N-ethyl adjacent to an activating group) is 1. The number of rotatable bonds is 6. The zero-order valence-corrected chi connectivity index (χ0v) is 10.5. The van der Waals surface area contributed by atoms with Crippen LogP contribution in [-0.4, -0.2) is 31.4 Å². The van der Waals surface area contributed by atoms with Gasteiger partial charge in [-0.25, -0.2) is 0 Å². The smallest absolute Gasteiger partial charge is 0.251 e. The van der Waals surface area contributed by atoms with Gasteiger partial charge in [0.05, 0.1) is 6.54 Å². The summed E-state index contributed by atoms with van der Waals surface area (Å²) < 4.78 is 0. The van der Waals surface area contributed by atoms with Gasteiger partial charge in [0.2, 0.25) is 5.91 Å². The summed E-state index contributed by atoms with van der Waals surface area (Å²) in [5.74, 6) is -0.438. The first kappa shape index (κ1) is 14.2. The Balaban J connectivity index is 2.63. The number of amides is 2. The molecule has 0 fully saturated rings. The van der Waals surface area contributed by atoms with Crippen molar-refractivity contribution in [3.63, 3.8) is 0 Å². The third-order valence-corrected chi connectivity index (χ3v) is 2.46. The van der Waals surface area contributed by atoms with Crippen LogP contribution >= 0.6 is 0 Å². The molecule has 0 unspecified atom stereocenters. The number of nitrogens with one attached hydrogen (secondary N) is 2. The maximum atomic E-state index is 11.9. The molecule has 1 rings (SSSR count). The minimum Gasteiger partial charge on any atom is -0.355 e. The molecule has 0 radical (unpaired) electrons. The molecule has 98 valence electrons. The summed E-state index contributed by atoms with van der Waals surface area (Å²) in [4.78, 5) is 23.2. The number of benzene rings is 1. The molecule has 0 spiro atoms. The van der Waals surface area contributed by atoms with Crippen molar-refractivity contribution in [1.82, 2.24) is 10.6 Å². The summed E-state index contributed by atoms with van der Waals surface area (Å²) >= 11 is 0. The van der Waals surface area contributed by atoms with Gasteiger partial charge < -0.3 is 16.4 Å². The lowest BCUT2D eigenvalue weighted by Gasteiger charge is -2.09. The maximum absolute atomic E-state index is 11.9. The largest absolute Gasteiger partial charge is 0.355 e. The molecule has 2 amide bonds. The van der Waals surface area contributed by atoms with Gasteiger partial charge in [0.1, 0.15) is 0 Å². The van der Waals surface area contributed by atoms with Crippen molar-refractivity contribution in [3.05, 3.63) is 35.4 Å². The van der Waals surface area contributed by atoms with E-state index in [1.807, 2.05) is 19.1 Å². The van der Waals surface area contributed by atoms with E-state index in [2.05, 4.69) is 10.6 Å². The summed E-state index contributed by atoms with van der Waals surface area (Å²) in [5, 5.41) is 5.21. The summed E-state index contributed by atoms with van der Waals surface area (Å²) in [5.41, 5.74) is 6.97. The van der Waals surface area contributed by atoms with E-state index in [0.29, 0.717) is 25.1 Å². The van der Waals surface area contributed by atoms with Crippen LogP contribution in [0.3, 0.4) is 0 Å². The van der Waals surface area contributed by atoms with Crippen LogP contribution in [0.4, 0.5) is 0 Å². The van der Waals surface area contributed by atoms with Crippen LogP contribution in [0.5, 0.6) is 0 Å². The van der Waals surface area contributed by atoms with Crippen molar-refractivity contribution >= 4 is 11.8 Å². The van der Waals surface area contributed by atoms with Crippen molar-refractivity contribution in [3.8, 4) is 0 Å². The molecule has 1 aromatic rings. The fourth-order valence-corrected chi connectivity index (χ4v) is 1.63. The fourth-order valence-electron chi connectivity index (χ4n) is 1.63. The molecule has 0 atom stereocenters. The Hall–Kier alpha value is -1.88. The molecule has 5 nitrogen and oxygen atoms in total. The van der Waals surface area contributed by atoms with Gasteiger partial charge in [0.15, 0.2) is 0 Å². The first-order valence-corrected chi connectivity index (χ1v) is 6.02. The highest BCUT2D eigenvalue weighted by Gasteiger charge is 2.11. The molecule has 0 saturated carbocycles. The molecular weight excluding hydrogens is 230 g/mol. The lowest BCUT2D eigenvalue weighted by Crippen LogP contribution is -2.37. The third kappa shape index (κ3) is 4.18. The van der Waals surface area contributed by atoms with Crippen LogP contribution in [0.25, 0.3) is 0 Å². The van der Waals surface area contributed by atoms with E-state index in [9.17, 15) is 9.59 Å². The van der Waals surface area contributed by atoms with E-state index in [-0.39, 0.29) is 18.4 Å². The molecule has 0 aromatic heterocycles. The number of hydrogen-bond donors (Lipinski definition) is 3. The Morgan fingerprint density at radius 3 is 2.61 bits per heavy atom. The maximum Gasteiger partial charge on any atom is 0.251 e. The summed E-state index contributed by atoms with van der Waals surface area (Å²) in [6.07, 6.45) is 0.644. The lowest BCUT2D eigenvalue weighted by molar-refractivity contribution is -0.120. The summed E-state index contributed by atoms with van der Waals surface area (Å²) in [7, 11) is 0. The molecule has 4 N–H and O–H groups in total. The molecular formula is C13H19N3O2. The predicted octanol–water partition coefficient (Wildman–Crippen LogP) is 0.0537. The van der Waals surface area contributed by atoms with E-state index in [4.69, 9.17) is 5.73 Å². The second kappa shape index (κ2) is 7.45. The first-order valence-electron chi connectivity index (χ1n) is 6.02. The van der Waals surface area contributed by atoms with Crippen LogP contribution in [0, 0.1) is 0 Å². The molecule has 0 saturated heterocycles. The molecule has 0 heterocycles. The monoisotopic (exact) mass is 249 g/mol. The Labute approximate surface area is 107 Å². The molecule has 0 bridgehead atoms. The highest BCUT2D eigenvalue weighted by atomic mass is 16.2. The highest BCUT2D eigenvalue weighted by molar-refractivity contribution is 5.97. The minimum atomic E-state index is -0.245. The lowest BCUT2D eigenvalue weighted by atomic mass is 10.0. The highest BCUT2D eigenvalue weighted by Crippen LogP contribution is 2.08. The minimum absolute atomic E-state index is 0.0103. The standard InChI is InChI=1S/C13H19N3O2/c1-2-15-12(17)9-16-13(18)11-6-4-3-5-10(11)7-8-14/h3-6H,2,7-9,14H2,1H3,(H,15,17)(H,16,18). The Morgan fingerprint density at radius 2 is 1.94 bits per heavy atom. The topological polar surface area (TPSA) is 84.2 Å². The van der Waals surface area contributed by atoms with Crippen molar-refractivity contribution in [1.29, 1.82) is 0 Å². The van der Waals surface area contributed by atoms with Crippen LogP contribution < -0.4 is 16.4 Å². The van der Waals surface area contributed by atoms with Gasteiger partial charge >= 0.3 is 0 Å². The van der Waals surface area contributed by atoms with E-state index in [1.54, 1.807) is 12.1 Å². The second-order valence-corrected chi connectivity index (χ2v) is 3.83. The number of nitrogens with two attached hydrogens (primary N) is 1. The zero-order chi connectivity index (χ0) is 13.4. The average Bonchev–Trinajstić information content (AvgIpc) is 2.37. The number of carbonyl (C=O) groups excluding carboxylic acids is 2. The fraction of sp³-hybridized carbons (Fsp3) is 0.385. The molecule has 0 aliphatic rings. The number of hydrogen-bond acceptors (Lipinski definition) is 3. The zero-order valence-electron chi connectivity index (χ0n) is 10.5. The van der Waals surface area contributed by atoms with Crippen molar-refractivity contribution in [2.45, 2.75) is 13.3 Å². The van der Waals surface area contributed by atoms with E-state index in [1.165, 1.54) is 0 Å². The summed E-state index contributed by atoms with van der Waals surface area (Å²) in [6, 6.07) is 7.26. The van der Waals surface area contributed by atoms with Gasteiger partial charge in [-0.15, -0.1) is 0 Å². The third-order valence-electron chi connectivity index (χ3n) is 2.46. The van der Waals surface area contributed by atoms with Crippen molar-refractivity contribution in [2.24, 2.45) is 5.73 Å². The van der Waals surface area contributed by atoms with Gasteiger partial charge in [-0.05, 0) is 31.5 Å². The molecule has 0 aliphatic heterocycles. The first-order chi connectivity index (χ1) is 8.69. The van der Waals surface area contributed by atoms with Crippen molar-refractivity contribution < 1.29 is 9.59 Å². The van der Waals surface area contributed by atoms with Gasteiger partial charge in [0, 0.05) is 12.1 Å². The Bertz CT molecular complexity index is 418. The normalized spacial score (nSPS) is 9.89. The van der Waals surface area contributed by atoms with E-state index in [0.717, 1.165) is 5.56 Å². The molecule has 5 heteroatoms. The van der Waals surface area contributed by atoms with Crippen LogP contribution in [0.15, 0.2) is 24.3 Å². The Kier molecular flexibility index (Phi) is 5.87. The van der Waals surface area contributed by atoms with E-state index < -0.39 is 0 Å². The van der Waals surface area contributed by atoms with Gasteiger partial charge in [-0.1, -0.05) is 18.2 Å². The van der Waals surface area contributed by atoms with E-state index >= 15 is 0 Å². The predicted molar refractivity (Wildman–Crippen MR) is 70.2 cm³/mol. The molecule has 1 aromatic carbocycles. The molecule has 0 aliphatic carbocycles. The van der Waals surface area contributed by atoms with Crippen LogP contribution in [0.2, 0.25) is 0 Å².